The van der Waals surface area contributed by atoms with Gasteiger partial charge in [0.05, 0.1) is 4.90 Å². The first kappa shape index (κ1) is 12.0. The highest BCUT2D eigenvalue weighted by molar-refractivity contribution is 7.99. The molecule has 0 aliphatic rings. The molecule has 7 heteroatoms. The number of nitrogens with zero attached hydrogens (tertiary/aromatic N) is 4. The second-order valence-corrected chi connectivity index (χ2v) is 4.61. The van der Waals surface area contributed by atoms with Crippen LogP contribution >= 0.6 is 11.8 Å². The average Bonchev–Trinajstić information content (AvgIpc) is 2.67. The van der Waals surface area contributed by atoms with Gasteiger partial charge in [-0.25, -0.2) is 9.07 Å². The predicted octanol–water partition coefficient (Wildman–Crippen LogP) is 1.52. The Morgan fingerprint density at radius 3 is 2.82 bits per heavy atom. The molecule has 0 saturated heterocycles. The van der Waals surface area contributed by atoms with Gasteiger partial charge in [0.2, 0.25) is 5.16 Å². The molecule has 17 heavy (non-hydrogen) atoms. The zero-order valence-corrected chi connectivity index (χ0v) is 10.3. The van der Waals surface area contributed by atoms with Crippen LogP contribution in [0.25, 0.3) is 0 Å². The van der Waals surface area contributed by atoms with E-state index in [9.17, 15) is 4.39 Å². The van der Waals surface area contributed by atoms with E-state index in [-0.39, 0.29) is 11.9 Å². The van der Waals surface area contributed by atoms with E-state index in [0.717, 1.165) is 5.56 Å². The van der Waals surface area contributed by atoms with Crippen LogP contribution in [0.2, 0.25) is 0 Å². The maximum absolute atomic E-state index is 13.8. The quantitative estimate of drug-likeness (QED) is 0.898. The summed E-state index contributed by atoms with van der Waals surface area (Å²) in [5, 5.41) is 11.5. The minimum atomic E-state index is -0.312. The van der Waals surface area contributed by atoms with Gasteiger partial charge in [-0.2, -0.15) is 0 Å². The Morgan fingerprint density at radius 2 is 2.24 bits per heavy atom. The fourth-order valence-corrected chi connectivity index (χ4v) is 2.36. The molecule has 0 amide bonds. The molecule has 1 aromatic carbocycles. The zero-order chi connectivity index (χ0) is 12.4. The number of hydrogen-bond donors (Lipinski definition) is 1. The Kier molecular flexibility index (Phi) is 3.39. The van der Waals surface area contributed by atoms with E-state index in [1.54, 1.807) is 19.2 Å². The molecule has 0 fully saturated rings. The van der Waals surface area contributed by atoms with E-state index < -0.39 is 0 Å². The minimum Gasteiger partial charge on any atom is -0.324 e. The molecule has 2 N–H and O–H groups in total. The van der Waals surface area contributed by atoms with Crippen LogP contribution in [0.4, 0.5) is 4.39 Å². The van der Waals surface area contributed by atoms with E-state index in [2.05, 4.69) is 15.5 Å². The minimum absolute atomic E-state index is 0.241. The molecule has 0 saturated carbocycles. The van der Waals surface area contributed by atoms with Crippen molar-refractivity contribution in [2.75, 3.05) is 0 Å². The molecule has 0 bridgehead atoms. The smallest absolute Gasteiger partial charge is 0.213 e. The van der Waals surface area contributed by atoms with Crippen LogP contribution in [0.15, 0.2) is 28.3 Å². The molecule has 2 aromatic rings. The third-order valence-electron chi connectivity index (χ3n) is 2.26. The Hall–Kier alpha value is -1.47. The number of aromatic nitrogens is 4. The normalized spacial score (nSPS) is 12.7. The Labute approximate surface area is 102 Å². The lowest BCUT2D eigenvalue weighted by atomic mass is 10.1. The van der Waals surface area contributed by atoms with E-state index in [0.29, 0.717) is 10.1 Å². The lowest BCUT2D eigenvalue weighted by Gasteiger charge is -2.11. The summed E-state index contributed by atoms with van der Waals surface area (Å²) in [5.74, 6) is -0.312. The highest BCUT2D eigenvalue weighted by Crippen LogP contribution is 2.33. The van der Waals surface area contributed by atoms with Crippen molar-refractivity contribution in [3.8, 4) is 0 Å². The van der Waals surface area contributed by atoms with Crippen molar-refractivity contribution >= 4 is 11.8 Å². The number of rotatable bonds is 3. The standard InChI is InChI=1S/C10H12FN5S/c1-6(12)7-4-3-5-8(11)9(7)17-10-13-14-15-16(10)2/h3-6H,12H2,1-2H3. The molecule has 0 spiro atoms. The average molecular weight is 253 g/mol. The van der Waals surface area contributed by atoms with Crippen LogP contribution in [0.3, 0.4) is 0 Å². The monoisotopic (exact) mass is 253 g/mol. The number of nitrogens with two attached hydrogens (primary N) is 1. The number of hydrogen-bond acceptors (Lipinski definition) is 5. The van der Waals surface area contributed by atoms with E-state index >= 15 is 0 Å². The summed E-state index contributed by atoms with van der Waals surface area (Å²) < 4.78 is 15.3. The van der Waals surface area contributed by atoms with E-state index in [4.69, 9.17) is 5.73 Å². The second-order valence-electron chi connectivity index (χ2n) is 3.63. The van der Waals surface area contributed by atoms with Gasteiger partial charge in [-0.3, -0.25) is 0 Å². The van der Waals surface area contributed by atoms with Gasteiger partial charge in [-0.05, 0) is 40.7 Å². The maximum atomic E-state index is 13.8. The molecule has 2 rings (SSSR count). The lowest BCUT2D eigenvalue weighted by Crippen LogP contribution is -2.07. The highest BCUT2D eigenvalue weighted by Gasteiger charge is 2.15. The first-order chi connectivity index (χ1) is 8.09. The van der Waals surface area contributed by atoms with Crippen LogP contribution in [-0.2, 0) is 7.05 Å². The van der Waals surface area contributed by atoms with Crippen molar-refractivity contribution in [1.82, 2.24) is 20.2 Å². The van der Waals surface area contributed by atoms with Crippen LogP contribution in [0, 0.1) is 5.82 Å². The van der Waals surface area contributed by atoms with Crippen molar-refractivity contribution in [2.24, 2.45) is 12.8 Å². The summed E-state index contributed by atoms with van der Waals surface area (Å²) in [6, 6.07) is 4.61. The summed E-state index contributed by atoms with van der Waals surface area (Å²) >= 11 is 1.17. The summed E-state index contributed by atoms with van der Waals surface area (Å²) in [7, 11) is 1.70. The fraction of sp³-hybridized carbons (Fsp3) is 0.300. The zero-order valence-electron chi connectivity index (χ0n) is 9.46. The maximum Gasteiger partial charge on any atom is 0.213 e. The van der Waals surface area contributed by atoms with Gasteiger partial charge < -0.3 is 5.73 Å². The van der Waals surface area contributed by atoms with Gasteiger partial charge in [0.15, 0.2) is 0 Å². The second kappa shape index (κ2) is 4.80. The molecule has 1 aromatic heterocycles. The summed E-state index contributed by atoms with van der Waals surface area (Å²) in [4.78, 5) is 0.473. The molecule has 1 heterocycles. The van der Waals surface area contributed by atoms with Gasteiger partial charge in [-0.1, -0.05) is 12.1 Å². The first-order valence-electron chi connectivity index (χ1n) is 5.04. The summed E-state index contributed by atoms with van der Waals surface area (Å²) in [6.45, 7) is 1.81. The molecular formula is C10H12FN5S. The number of aryl methyl sites for hydroxylation is 1. The van der Waals surface area contributed by atoms with Gasteiger partial charge in [0, 0.05) is 13.1 Å². The third-order valence-corrected chi connectivity index (χ3v) is 3.43. The van der Waals surface area contributed by atoms with Crippen LogP contribution in [0.5, 0.6) is 0 Å². The van der Waals surface area contributed by atoms with Gasteiger partial charge in [0.25, 0.3) is 0 Å². The van der Waals surface area contributed by atoms with Crippen LogP contribution in [0.1, 0.15) is 18.5 Å². The highest BCUT2D eigenvalue weighted by atomic mass is 32.2. The van der Waals surface area contributed by atoms with E-state index in [1.165, 1.54) is 22.5 Å². The number of halogens is 1. The van der Waals surface area contributed by atoms with Crippen molar-refractivity contribution in [1.29, 1.82) is 0 Å². The Balaban J connectivity index is 2.41. The van der Waals surface area contributed by atoms with Gasteiger partial charge in [0.1, 0.15) is 5.82 Å². The SMILES string of the molecule is CC(N)c1cccc(F)c1Sc1nnnn1C. The van der Waals surface area contributed by atoms with Crippen molar-refractivity contribution < 1.29 is 4.39 Å². The molecule has 0 aliphatic heterocycles. The summed E-state index contributed by atoms with van der Waals surface area (Å²) in [6.07, 6.45) is 0. The number of benzene rings is 1. The first-order valence-corrected chi connectivity index (χ1v) is 5.85. The molecule has 0 radical (unpaired) electrons. The molecular weight excluding hydrogens is 241 g/mol. The van der Waals surface area contributed by atoms with Crippen molar-refractivity contribution in [2.45, 2.75) is 23.0 Å². The lowest BCUT2D eigenvalue weighted by molar-refractivity contribution is 0.590. The van der Waals surface area contributed by atoms with E-state index in [1.807, 2.05) is 6.92 Å². The van der Waals surface area contributed by atoms with Crippen molar-refractivity contribution in [3.05, 3.63) is 29.6 Å². The van der Waals surface area contributed by atoms with Crippen LogP contribution < -0.4 is 5.73 Å². The number of tetrazole rings is 1. The Morgan fingerprint density at radius 1 is 1.47 bits per heavy atom. The molecule has 5 nitrogen and oxygen atoms in total. The fourth-order valence-electron chi connectivity index (χ4n) is 1.39. The predicted molar refractivity (Wildman–Crippen MR) is 61.9 cm³/mol. The molecule has 0 aliphatic carbocycles. The summed E-state index contributed by atoms with van der Waals surface area (Å²) in [5.41, 5.74) is 6.56. The van der Waals surface area contributed by atoms with Gasteiger partial charge >= 0.3 is 0 Å². The van der Waals surface area contributed by atoms with Gasteiger partial charge in [-0.15, -0.1) is 5.10 Å². The van der Waals surface area contributed by atoms with Crippen molar-refractivity contribution in [3.63, 3.8) is 0 Å². The Bertz CT molecular complexity index is 525. The molecule has 1 atom stereocenters. The topological polar surface area (TPSA) is 69.6 Å². The van der Waals surface area contributed by atoms with Crippen LogP contribution in [-0.4, -0.2) is 20.2 Å². The molecule has 90 valence electrons. The third kappa shape index (κ3) is 2.45. The molecule has 1 unspecified atom stereocenters. The largest absolute Gasteiger partial charge is 0.324 e.